The molecule has 0 aliphatic heterocycles. The molecule has 0 heterocycles. The molecular formula is C6H6Cl. The maximum absolute atomic E-state index is 5.17. The molecule has 1 radical (unpaired) electrons. The van der Waals surface area contributed by atoms with Gasteiger partial charge in [0.1, 0.15) is 0 Å². The minimum absolute atomic E-state index is 0.701. The average Bonchev–Trinajstić information content (AvgIpc) is 1.69. The van der Waals surface area contributed by atoms with E-state index in [1.807, 2.05) is 0 Å². The minimum atomic E-state index is 0.701. The van der Waals surface area contributed by atoms with E-state index in [4.69, 9.17) is 11.6 Å². The van der Waals surface area contributed by atoms with Crippen LogP contribution in [0.15, 0.2) is 11.6 Å². The molecular weight excluding hydrogens is 108 g/mol. The minimum Gasteiger partial charge on any atom is -0.102 e. The molecule has 0 saturated carbocycles. The standard InChI is InChI=1S/C6H6Cl/c1-2-3-4-5-6-7/h5-6H,1,4H2. The molecule has 0 bridgehead atoms. The van der Waals surface area contributed by atoms with Crippen LogP contribution in [-0.4, -0.2) is 0 Å². The van der Waals surface area contributed by atoms with Crippen molar-refractivity contribution in [1.29, 1.82) is 0 Å². The molecule has 0 saturated heterocycles. The zero-order chi connectivity index (χ0) is 5.54. The predicted molar refractivity (Wildman–Crippen MR) is 32.7 cm³/mol. The Bertz CT molecular complexity index is 103. The summed E-state index contributed by atoms with van der Waals surface area (Å²) in [5, 5.41) is 0. The fourth-order valence-electron chi connectivity index (χ4n) is 0.176. The van der Waals surface area contributed by atoms with Gasteiger partial charge in [0.25, 0.3) is 0 Å². The Balaban J connectivity index is 3.09. The van der Waals surface area contributed by atoms with Gasteiger partial charge in [-0.3, -0.25) is 0 Å². The molecule has 0 aliphatic carbocycles. The lowest BCUT2D eigenvalue weighted by Gasteiger charge is -1.67. The first-order valence-electron chi connectivity index (χ1n) is 1.92. The summed E-state index contributed by atoms with van der Waals surface area (Å²) in [5.41, 5.74) is 1.45. The number of rotatable bonds is 1. The fraction of sp³-hybridized carbons (Fsp3) is 0.167. The van der Waals surface area contributed by atoms with Crippen molar-refractivity contribution in [2.75, 3.05) is 0 Å². The van der Waals surface area contributed by atoms with Crippen molar-refractivity contribution in [3.63, 3.8) is 0 Å². The van der Waals surface area contributed by atoms with Crippen LogP contribution in [0.25, 0.3) is 0 Å². The SMILES string of the molecule is [CH2]C#CCC=CCl. The monoisotopic (exact) mass is 113 g/mol. The van der Waals surface area contributed by atoms with E-state index < -0.39 is 0 Å². The third kappa shape index (κ3) is 5.59. The van der Waals surface area contributed by atoms with Crippen molar-refractivity contribution in [1.82, 2.24) is 0 Å². The topological polar surface area (TPSA) is 0 Å². The van der Waals surface area contributed by atoms with E-state index in [0.717, 1.165) is 0 Å². The first kappa shape index (κ1) is 6.59. The highest BCUT2D eigenvalue weighted by molar-refractivity contribution is 6.25. The van der Waals surface area contributed by atoms with E-state index in [1.165, 1.54) is 5.54 Å². The molecule has 0 aromatic carbocycles. The van der Waals surface area contributed by atoms with E-state index in [9.17, 15) is 0 Å². The van der Waals surface area contributed by atoms with Crippen LogP contribution in [0.3, 0.4) is 0 Å². The molecule has 0 aromatic rings. The Morgan fingerprint density at radius 1 is 1.71 bits per heavy atom. The summed E-state index contributed by atoms with van der Waals surface area (Å²) in [7, 11) is 0. The largest absolute Gasteiger partial charge is 0.102 e. The third-order valence-corrected chi connectivity index (χ3v) is 0.612. The molecule has 0 fully saturated rings. The van der Waals surface area contributed by atoms with Crippen molar-refractivity contribution in [2.45, 2.75) is 6.42 Å². The normalized spacial score (nSPS) is 8.29. The average molecular weight is 114 g/mol. The predicted octanol–water partition coefficient (Wildman–Crippen LogP) is 1.97. The van der Waals surface area contributed by atoms with Crippen LogP contribution >= 0.6 is 11.6 Å². The third-order valence-electron chi connectivity index (χ3n) is 0.434. The van der Waals surface area contributed by atoms with E-state index in [1.54, 1.807) is 6.08 Å². The lowest BCUT2D eigenvalue weighted by atomic mass is 10.4. The Morgan fingerprint density at radius 2 is 2.43 bits per heavy atom. The molecule has 0 atom stereocenters. The van der Waals surface area contributed by atoms with Crippen molar-refractivity contribution in [3.8, 4) is 11.8 Å². The summed E-state index contributed by atoms with van der Waals surface area (Å²) in [6.45, 7) is 3.32. The molecule has 0 rings (SSSR count). The van der Waals surface area contributed by atoms with Crippen LogP contribution < -0.4 is 0 Å². The molecule has 0 unspecified atom stereocenters. The summed E-state index contributed by atoms with van der Waals surface area (Å²) in [6.07, 6.45) is 2.47. The Labute approximate surface area is 49.2 Å². The van der Waals surface area contributed by atoms with Crippen molar-refractivity contribution >= 4 is 11.6 Å². The number of allylic oxidation sites excluding steroid dienone is 1. The second kappa shape index (κ2) is 5.59. The van der Waals surface area contributed by atoms with Crippen LogP contribution in [0, 0.1) is 18.8 Å². The van der Waals surface area contributed by atoms with Gasteiger partial charge in [-0.2, -0.15) is 0 Å². The van der Waals surface area contributed by atoms with E-state index in [0.29, 0.717) is 6.42 Å². The van der Waals surface area contributed by atoms with Crippen molar-refractivity contribution in [2.24, 2.45) is 0 Å². The molecule has 37 valence electrons. The van der Waals surface area contributed by atoms with Crippen LogP contribution in [0.4, 0.5) is 0 Å². The van der Waals surface area contributed by atoms with Gasteiger partial charge < -0.3 is 0 Å². The Morgan fingerprint density at radius 3 is 2.86 bits per heavy atom. The molecule has 0 amide bonds. The number of halogens is 1. The first-order valence-corrected chi connectivity index (χ1v) is 2.35. The smallest absolute Gasteiger partial charge is 0.0281 e. The number of hydrogen-bond donors (Lipinski definition) is 0. The second-order valence-corrected chi connectivity index (χ2v) is 1.17. The molecule has 0 aromatic heterocycles. The van der Waals surface area contributed by atoms with Gasteiger partial charge in [-0.25, -0.2) is 0 Å². The van der Waals surface area contributed by atoms with Crippen LogP contribution in [0.2, 0.25) is 0 Å². The van der Waals surface area contributed by atoms with Gasteiger partial charge >= 0.3 is 0 Å². The highest BCUT2D eigenvalue weighted by Crippen LogP contribution is 1.81. The zero-order valence-electron chi connectivity index (χ0n) is 3.95. The van der Waals surface area contributed by atoms with Gasteiger partial charge in [0.2, 0.25) is 0 Å². The second-order valence-electron chi connectivity index (χ2n) is 0.919. The molecule has 1 heteroatoms. The van der Waals surface area contributed by atoms with Gasteiger partial charge in [-0.05, 0) is 0 Å². The quantitative estimate of drug-likeness (QED) is 0.456. The van der Waals surface area contributed by atoms with Gasteiger partial charge in [0.05, 0.1) is 0 Å². The van der Waals surface area contributed by atoms with Gasteiger partial charge in [0, 0.05) is 18.9 Å². The van der Waals surface area contributed by atoms with E-state index in [2.05, 4.69) is 18.8 Å². The lowest BCUT2D eigenvalue weighted by Crippen LogP contribution is -1.52. The molecule has 0 spiro atoms. The van der Waals surface area contributed by atoms with Crippen molar-refractivity contribution < 1.29 is 0 Å². The highest BCUT2D eigenvalue weighted by Gasteiger charge is 1.61. The van der Waals surface area contributed by atoms with Crippen LogP contribution in [0.1, 0.15) is 6.42 Å². The summed E-state index contributed by atoms with van der Waals surface area (Å²) in [5.74, 6) is 5.21. The van der Waals surface area contributed by atoms with Gasteiger partial charge in [-0.1, -0.05) is 23.6 Å². The van der Waals surface area contributed by atoms with E-state index in [-0.39, 0.29) is 0 Å². The molecule has 0 aliphatic rings. The molecule has 0 nitrogen and oxygen atoms in total. The van der Waals surface area contributed by atoms with Crippen LogP contribution in [0.5, 0.6) is 0 Å². The van der Waals surface area contributed by atoms with Crippen molar-refractivity contribution in [3.05, 3.63) is 18.5 Å². The summed E-state index contributed by atoms with van der Waals surface area (Å²) in [4.78, 5) is 0. The zero-order valence-corrected chi connectivity index (χ0v) is 4.70. The summed E-state index contributed by atoms with van der Waals surface area (Å²) in [6, 6.07) is 0. The lowest BCUT2D eigenvalue weighted by molar-refractivity contribution is 1.48. The maximum Gasteiger partial charge on any atom is 0.0281 e. The van der Waals surface area contributed by atoms with Gasteiger partial charge in [-0.15, -0.1) is 5.92 Å². The van der Waals surface area contributed by atoms with Gasteiger partial charge in [0.15, 0.2) is 0 Å². The highest BCUT2D eigenvalue weighted by atomic mass is 35.5. The Hall–Kier alpha value is -0.410. The Kier molecular flexibility index (Phi) is 5.26. The van der Waals surface area contributed by atoms with Crippen LogP contribution in [-0.2, 0) is 0 Å². The number of hydrogen-bond acceptors (Lipinski definition) is 0. The molecule has 7 heavy (non-hydrogen) atoms. The summed E-state index contributed by atoms with van der Waals surface area (Å²) < 4.78 is 0. The maximum atomic E-state index is 5.17. The first-order chi connectivity index (χ1) is 3.41. The van der Waals surface area contributed by atoms with E-state index >= 15 is 0 Å². The fourth-order valence-corrected chi connectivity index (χ4v) is 0.265. The summed E-state index contributed by atoms with van der Waals surface area (Å²) >= 11 is 5.17. The molecule has 0 N–H and O–H groups in total.